The van der Waals surface area contributed by atoms with Crippen LogP contribution >= 0.6 is 0 Å². The van der Waals surface area contributed by atoms with E-state index in [1.165, 1.54) is 0 Å². The molecule has 1 aromatic heterocycles. The lowest BCUT2D eigenvalue weighted by molar-refractivity contribution is 0.0697. The predicted molar refractivity (Wildman–Crippen MR) is 45.5 cm³/mol. The van der Waals surface area contributed by atoms with Crippen molar-refractivity contribution in [2.45, 2.75) is 6.92 Å². The van der Waals surface area contributed by atoms with E-state index < -0.39 is 5.97 Å². The maximum atomic E-state index is 10.7. The standard InChI is InChI=1S/C8H10N2O2/c1-5-3-4-10-7(9-2)6(5)8(11)12/h3-4H,1-2H3,(H,9,10)(H,11,12). The van der Waals surface area contributed by atoms with E-state index in [4.69, 9.17) is 5.11 Å². The molecule has 2 N–H and O–H groups in total. The fraction of sp³-hybridized carbons (Fsp3) is 0.250. The van der Waals surface area contributed by atoms with Gasteiger partial charge in [-0.05, 0) is 18.6 Å². The summed E-state index contributed by atoms with van der Waals surface area (Å²) in [5.41, 5.74) is 0.946. The second-order valence-corrected chi connectivity index (χ2v) is 2.41. The summed E-state index contributed by atoms with van der Waals surface area (Å²) >= 11 is 0. The van der Waals surface area contributed by atoms with Gasteiger partial charge in [-0.1, -0.05) is 0 Å². The molecule has 0 aromatic carbocycles. The van der Waals surface area contributed by atoms with E-state index in [9.17, 15) is 4.79 Å². The van der Waals surface area contributed by atoms with Gasteiger partial charge in [0.25, 0.3) is 0 Å². The summed E-state index contributed by atoms with van der Waals surface area (Å²) in [5.74, 6) is -0.549. The Morgan fingerprint density at radius 1 is 1.67 bits per heavy atom. The maximum absolute atomic E-state index is 10.7. The molecule has 0 saturated heterocycles. The van der Waals surface area contributed by atoms with Gasteiger partial charge in [0.1, 0.15) is 11.4 Å². The zero-order chi connectivity index (χ0) is 9.14. The summed E-state index contributed by atoms with van der Waals surface area (Å²) in [4.78, 5) is 14.6. The Bertz CT molecular complexity index is 310. The molecule has 0 bridgehead atoms. The summed E-state index contributed by atoms with van der Waals surface area (Å²) in [7, 11) is 1.65. The number of carboxylic acid groups (broad SMARTS) is 1. The summed E-state index contributed by atoms with van der Waals surface area (Å²) < 4.78 is 0. The molecule has 12 heavy (non-hydrogen) atoms. The highest BCUT2D eigenvalue weighted by Gasteiger charge is 2.12. The molecule has 0 amide bonds. The van der Waals surface area contributed by atoms with Gasteiger partial charge in [0.15, 0.2) is 0 Å². The van der Waals surface area contributed by atoms with Crippen LogP contribution in [0.4, 0.5) is 5.82 Å². The monoisotopic (exact) mass is 166 g/mol. The highest BCUT2D eigenvalue weighted by atomic mass is 16.4. The third-order valence-electron chi connectivity index (χ3n) is 1.61. The number of anilines is 1. The van der Waals surface area contributed by atoms with Crippen LogP contribution in [0.15, 0.2) is 12.3 Å². The number of nitrogens with zero attached hydrogens (tertiary/aromatic N) is 1. The number of hydrogen-bond acceptors (Lipinski definition) is 3. The molecule has 0 unspecified atom stereocenters. The van der Waals surface area contributed by atoms with Gasteiger partial charge in [0.05, 0.1) is 0 Å². The quantitative estimate of drug-likeness (QED) is 0.691. The van der Waals surface area contributed by atoms with Crippen molar-refractivity contribution in [2.75, 3.05) is 12.4 Å². The van der Waals surface area contributed by atoms with Gasteiger partial charge in [-0.2, -0.15) is 0 Å². The van der Waals surface area contributed by atoms with Crippen molar-refractivity contribution in [3.8, 4) is 0 Å². The molecular formula is C8H10N2O2. The van der Waals surface area contributed by atoms with Crippen LogP contribution in [0.3, 0.4) is 0 Å². The molecule has 0 aliphatic rings. The van der Waals surface area contributed by atoms with Gasteiger partial charge >= 0.3 is 5.97 Å². The van der Waals surface area contributed by atoms with E-state index in [1.54, 1.807) is 26.2 Å². The minimum absolute atomic E-state index is 0.236. The van der Waals surface area contributed by atoms with E-state index in [0.29, 0.717) is 11.4 Å². The lowest BCUT2D eigenvalue weighted by Crippen LogP contribution is -2.06. The first-order valence-corrected chi connectivity index (χ1v) is 3.53. The molecule has 1 heterocycles. The average Bonchev–Trinajstić information content (AvgIpc) is 2.03. The lowest BCUT2D eigenvalue weighted by Gasteiger charge is -2.05. The van der Waals surface area contributed by atoms with Crippen LogP contribution in [0.5, 0.6) is 0 Å². The van der Waals surface area contributed by atoms with Crippen LogP contribution in [0, 0.1) is 6.92 Å². The van der Waals surface area contributed by atoms with E-state index in [-0.39, 0.29) is 5.56 Å². The number of rotatable bonds is 2. The highest BCUT2D eigenvalue weighted by molar-refractivity contribution is 5.94. The molecule has 0 atom stereocenters. The summed E-state index contributed by atoms with van der Waals surface area (Å²) in [6.45, 7) is 1.74. The molecule has 64 valence electrons. The largest absolute Gasteiger partial charge is 0.478 e. The van der Waals surface area contributed by atoms with Gasteiger partial charge in [-0.3, -0.25) is 0 Å². The highest BCUT2D eigenvalue weighted by Crippen LogP contribution is 2.15. The van der Waals surface area contributed by atoms with Gasteiger partial charge < -0.3 is 10.4 Å². The first-order chi connectivity index (χ1) is 5.66. The number of aryl methyl sites for hydroxylation is 1. The average molecular weight is 166 g/mol. The number of nitrogens with one attached hydrogen (secondary N) is 1. The molecule has 4 heteroatoms. The van der Waals surface area contributed by atoms with Crippen molar-refractivity contribution in [3.05, 3.63) is 23.4 Å². The molecule has 0 aliphatic heterocycles. The SMILES string of the molecule is CNc1nccc(C)c1C(=O)O. The Morgan fingerprint density at radius 2 is 2.33 bits per heavy atom. The zero-order valence-electron chi connectivity index (χ0n) is 6.96. The topological polar surface area (TPSA) is 62.2 Å². The van der Waals surface area contributed by atoms with Crippen molar-refractivity contribution >= 4 is 11.8 Å². The molecule has 1 rings (SSSR count). The Balaban J connectivity index is 3.29. The van der Waals surface area contributed by atoms with Gasteiger partial charge in [-0.15, -0.1) is 0 Å². The molecule has 0 saturated carbocycles. The normalized spacial score (nSPS) is 9.50. The second-order valence-electron chi connectivity index (χ2n) is 2.41. The van der Waals surface area contributed by atoms with E-state index in [1.807, 2.05) is 0 Å². The van der Waals surface area contributed by atoms with Crippen LogP contribution in [0.2, 0.25) is 0 Å². The predicted octanol–water partition coefficient (Wildman–Crippen LogP) is 1.13. The van der Waals surface area contributed by atoms with Gasteiger partial charge in [-0.25, -0.2) is 9.78 Å². The first kappa shape index (κ1) is 8.52. The van der Waals surface area contributed by atoms with E-state index >= 15 is 0 Å². The number of carboxylic acids is 1. The van der Waals surface area contributed by atoms with Crippen molar-refractivity contribution in [1.82, 2.24) is 4.98 Å². The van der Waals surface area contributed by atoms with Crippen molar-refractivity contribution in [1.29, 1.82) is 0 Å². The van der Waals surface area contributed by atoms with Crippen LogP contribution in [-0.4, -0.2) is 23.1 Å². The number of pyridine rings is 1. The van der Waals surface area contributed by atoms with E-state index in [2.05, 4.69) is 10.3 Å². The maximum Gasteiger partial charge on any atom is 0.339 e. The molecule has 4 nitrogen and oxygen atoms in total. The third-order valence-corrected chi connectivity index (χ3v) is 1.61. The number of carbonyl (C=O) groups is 1. The second kappa shape index (κ2) is 3.21. The fourth-order valence-electron chi connectivity index (χ4n) is 1.02. The molecule has 0 radical (unpaired) electrons. The molecule has 0 spiro atoms. The fourth-order valence-corrected chi connectivity index (χ4v) is 1.02. The number of hydrogen-bond donors (Lipinski definition) is 2. The van der Waals surface area contributed by atoms with E-state index in [0.717, 1.165) is 0 Å². The Labute approximate surface area is 70.3 Å². The summed E-state index contributed by atoms with van der Waals surface area (Å²) in [5, 5.41) is 11.5. The van der Waals surface area contributed by atoms with Gasteiger partial charge in [0.2, 0.25) is 0 Å². The molecule has 0 aliphatic carbocycles. The summed E-state index contributed by atoms with van der Waals surface area (Å²) in [6.07, 6.45) is 1.58. The Hall–Kier alpha value is -1.58. The number of aromatic nitrogens is 1. The minimum Gasteiger partial charge on any atom is -0.478 e. The molecule has 1 aromatic rings. The van der Waals surface area contributed by atoms with Crippen LogP contribution in [0.25, 0.3) is 0 Å². The lowest BCUT2D eigenvalue weighted by atomic mass is 10.1. The van der Waals surface area contributed by atoms with Gasteiger partial charge in [0, 0.05) is 13.2 Å². The third kappa shape index (κ3) is 1.37. The Kier molecular flexibility index (Phi) is 2.28. The van der Waals surface area contributed by atoms with Crippen LogP contribution in [-0.2, 0) is 0 Å². The van der Waals surface area contributed by atoms with Crippen molar-refractivity contribution in [3.63, 3.8) is 0 Å². The first-order valence-electron chi connectivity index (χ1n) is 3.53. The summed E-state index contributed by atoms with van der Waals surface area (Å²) in [6, 6.07) is 1.67. The Morgan fingerprint density at radius 3 is 2.75 bits per heavy atom. The minimum atomic E-state index is -0.954. The zero-order valence-corrected chi connectivity index (χ0v) is 6.96. The molecule has 0 fully saturated rings. The van der Waals surface area contributed by atoms with Crippen LogP contribution < -0.4 is 5.32 Å². The smallest absolute Gasteiger partial charge is 0.339 e. The molecular weight excluding hydrogens is 156 g/mol. The number of aromatic carboxylic acids is 1. The van der Waals surface area contributed by atoms with Crippen molar-refractivity contribution in [2.24, 2.45) is 0 Å². The van der Waals surface area contributed by atoms with Crippen LogP contribution in [0.1, 0.15) is 15.9 Å². The van der Waals surface area contributed by atoms with Crippen molar-refractivity contribution < 1.29 is 9.90 Å².